The molecule has 0 aliphatic carbocycles. The Hall–Kier alpha value is -1.10. The third kappa shape index (κ3) is 4.68. The Morgan fingerprint density at radius 2 is 2.17 bits per heavy atom. The lowest BCUT2D eigenvalue weighted by Gasteiger charge is -2.04. The van der Waals surface area contributed by atoms with E-state index in [2.05, 4.69) is 5.32 Å². The van der Waals surface area contributed by atoms with E-state index >= 15 is 0 Å². The number of nitrogens with one attached hydrogen (secondary N) is 1. The summed E-state index contributed by atoms with van der Waals surface area (Å²) in [5.74, 6) is -1.11. The molecule has 0 saturated carbocycles. The van der Waals surface area contributed by atoms with Crippen LogP contribution >= 0.6 is 0 Å². The normalized spacial score (nSPS) is 12.2. The highest BCUT2D eigenvalue weighted by atomic mass is 16.4. The van der Waals surface area contributed by atoms with Gasteiger partial charge in [0, 0.05) is 13.5 Å². The summed E-state index contributed by atoms with van der Waals surface area (Å²) >= 11 is 0. The summed E-state index contributed by atoms with van der Waals surface area (Å²) in [5.41, 5.74) is 5.21. The number of amides is 1. The Bertz CT molecular complexity index is 170. The Labute approximate surface area is 70.9 Å². The van der Waals surface area contributed by atoms with Crippen molar-refractivity contribution in [1.29, 1.82) is 0 Å². The second-order valence-corrected chi connectivity index (χ2v) is 2.51. The van der Waals surface area contributed by atoms with Gasteiger partial charge in [-0.1, -0.05) is 0 Å². The van der Waals surface area contributed by atoms with Gasteiger partial charge in [-0.3, -0.25) is 9.59 Å². The maximum atomic E-state index is 10.7. The molecule has 0 bridgehead atoms. The summed E-state index contributed by atoms with van der Waals surface area (Å²) in [6.45, 7) is 0. The fourth-order valence-electron chi connectivity index (χ4n) is 0.731. The largest absolute Gasteiger partial charge is 0.480 e. The van der Waals surface area contributed by atoms with Crippen LogP contribution in [0.2, 0.25) is 0 Å². The number of aliphatic carboxylic acids is 1. The number of carbonyl (C=O) groups excluding carboxylic acids is 1. The molecule has 0 fully saturated rings. The Balaban J connectivity index is 3.43. The molecule has 0 aromatic heterocycles. The van der Waals surface area contributed by atoms with Crippen LogP contribution in [0.4, 0.5) is 0 Å². The topological polar surface area (TPSA) is 92.4 Å². The van der Waals surface area contributed by atoms with Crippen LogP contribution in [-0.2, 0) is 9.59 Å². The third-order valence-electron chi connectivity index (χ3n) is 1.52. The van der Waals surface area contributed by atoms with Gasteiger partial charge in [-0.2, -0.15) is 0 Å². The molecule has 0 aliphatic heterocycles. The molecule has 0 aromatic carbocycles. The molecule has 1 atom stereocenters. The van der Waals surface area contributed by atoms with Crippen molar-refractivity contribution in [3.05, 3.63) is 0 Å². The SMILES string of the molecule is CNC(=O)CCC[C@@H](N)C(=O)O. The van der Waals surface area contributed by atoms with Crippen LogP contribution in [0.25, 0.3) is 0 Å². The van der Waals surface area contributed by atoms with Crippen molar-refractivity contribution >= 4 is 11.9 Å². The number of carboxylic acid groups (broad SMARTS) is 1. The van der Waals surface area contributed by atoms with Gasteiger partial charge in [-0.25, -0.2) is 0 Å². The number of rotatable bonds is 5. The predicted molar refractivity (Wildman–Crippen MR) is 43.5 cm³/mol. The zero-order valence-electron chi connectivity index (χ0n) is 7.04. The first kappa shape index (κ1) is 10.9. The Kier molecular flexibility index (Phi) is 5.03. The lowest BCUT2D eigenvalue weighted by Crippen LogP contribution is -2.30. The van der Waals surface area contributed by atoms with Crippen LogP contribution in [0.3, 0.4) is 0 Å². The van der Waals surface area contributed by atoms with E-state index in [1.54, 1.807) is 7.05 Å². The molecule has 70 valence electrons. The highest BCUT2D eigenvalue weighted by molar-refractivity contribution is 5.76. The van der Waals surface area contributed by atoms with E-state index in [0.29, 0.717) is 19.3 Å². The summed E-state index contributed by atoms with van der Waals surface area (Å²) in [6, 6.07) is -0.852. The minimum atomic E-state index is -1.02. The summed E-state index contributed by atoms with van der Waals surface area (Å²) in [4.78, 5) is 20.9. The molecule has 0 spiro atoms. The predicted octanol–water partition coefficient (Wildman–Crippen LogP) is -0.685. The number of hydrogen-bond donors (Lipinski definition) is 3. The molecular weight excluding hydrogens is 160 g/mol. The molecule has 0 saturated heterocycles. The Morgan fingerprint density at radius 3 is 2.58 bits per heavy atom. The van der Waals surface area contributed by atoms with Crippen LogP contribution in [0.1, 0.15) is 19.3 Å². The van der Waals surface area contributed by atoms with Crippen molar-refractivity contribution in [3.8, 4) is 0 Å². The zero-order valence-corrected chi connectivity index (χ0v) is 7.04. The van der Waals surface area contributed by atoms with Crippen molar-refractivity contribution in [2.24, 2.45) is 5.73 Å². The quantitative estimate of drug-likeness (QED) is 0.514. The molecule has 0 heterocycles. The lowest BCUT2D eigenvalue weighted by atomic mass is 10.1. The lowest BCUT2D eigenvalue weighted by molar-refractivity contribution is -0.138. The molecule has 12 heavy (non-hydrogen) atoms. The van der Waals surface area contributed by atoms with Crippen molar-refractivity contribution < 1.29 is 14.7 Å². The minimum absolute atomic E-state index is 0.0902. The van der Waals surface area contributed by atoms with Crippen molar-refractivity contribution in [2.75, 3.05) is 7.05 Å². The van der Waals surface area contributed by atoms with Crippen molar-refractivity contribution in [1.82, 2.24) is 5.32 Å². The summed E-state index contributed by atoms with van der Waals surface area (Å²) in [6.07, 6.45) is 1.17. The first-order valence-electron chi connectivity index (χ1n) is 3.77. The van der Waals surface area contributed by atoms with E-state index in [1.807, 2.05) is 0 Å². The third-order valence-corrected chi connectivity index (χ3v) is 1.52. The first-order chi connectivity index (χ1) is 5.57. The monoisotopic (exact) mass is 174 g/mol. The summed E-state index contributed by atoms with van der Waals surface area (Å²) < 4.78 is 0. The van der Waals surface area contributed by atoms with Crippen molar-refractivity contribution in [2.45, 2.75) is 25.3 Å². The van der Waals surface area contributed by atoms with Gasteiger partial charge in [0.2, 0.25) is 5.91 Å². The number of nitrogens with two attached hydrogens (primary N) is 1. The smallest absolute Gasteiger partial charge is 0.320 e. The standard InChI is InChI=1S/C7H14N2O3/c1-9-6(10)4-2-3-5(8)7(11)12/h5H,2-4,8H2,1H3,(H,9,10)(H,11,12)/t5-/m1/s1. The van der Waals surface area contributed by atoms with E-state index in [-0.39, 0.29) is 5.91 Å². The van der Waals surface area contributed by atoms with Crippen LogP contribution in [0, 0.1) is 0 Å². The fourth-order valence-corrected chi connectivity index (χ4v) is 0.731. The summed E-state index contributed by atoms with van der Waals surface area (Å²) in [5, 5.41) is 10.8. The van der Waals surface area contributed by atoms with Gasteiger partial charge in [0.15, 0.2) is 0 Å². The van der Waals surface area contributed by atoms with E-state index in [1.165, 1.54) is 0 Å². The average molecular weight is 174 g/mol. The van der Waals surface area contributed by atoms with E-state index < -0.39 is 12.0 Å². The molecule has 0 aliphatic rings. The second-order valence-electron chi connectivity index (χ2n) is 2.51. The molecule has 0 aromatic rings. The van der Waals surface area contributed by atoms with E-state index in [0.717, 1.165) is 0 Å². The van der Waals surface area contributed by atoms with Gasteiger partial charge in [0.1, 0.15) is 6.04 Å². The van der Waals surface area contributed by atoms with Crippen molar-refractivity contribution in [3.63, 3.8) is 0 Å². The molecule has 0 radical (unpaired) electrons. The average Bonchev–Trinajstić information content (AvgIpc) is 2.03. The highest BCUT2D eigenvalue weighted by Crippen LogP contribution is 1.98. The van der Waals surface area contributed by atoms with Crippen LogP contribution < -0.4 is 11.1 Å². The zero-order chi connectivity index (χ0) is 9.56. The van der Waals surface area contributed by atoms with Gasteiger partial charge < -0.3 is 16.2 Å². The van der Waals surface area contributed by atoms with Crippen LogP contribution in [-0.4, -0.2) is 30.1 Å². The first-order valence-corrected chi connectivity index (χ1v) is 3.77. The molecule has 1 amide bonds. The maximum Gasteiger partial charge on any atom is 0.320 e. The molecule has 0 rings (SSSR count). The van der Waals surface area contributed by atoms with Gasteiger partial charge in [0.05, 0.1) is 0 Å². The Morgan fingerprint density at radius 1 is 1.58 bits per heavy atom. The van der Waals surface area contributed by atoms with Crippen LogP contribution in [0.15, 0.2) is 0 Å². The highest BCUT2D eigenvalue weighted by Gasteiger charge is 2.10. The van der Waals surface area contributed by atoms with E-state index in [9.17, 15) is 9.59 Å². The fraction of sp³-hybridized carbons (Fsp3) is 0.714. The van der Waals surface area contributed by atoms with E-state index in [4.69, 9.17) is 10.8 Å². The number of carboxylic acids is 1. The number of hydrogen-bond acceptors (Lipinski definition) is 3. The van der Waals surface area contributed by atoms with Crippen LogP contribution in [0.5, 0.6) is 0 Å². The van der Waals surface area contributed by atoms with Gasteiger partial charge in [0.25, 0.3) is 0 Å². The second kappa shape index (κ2) is 5.54. The van der Waals surface area contributed by atoms with Gasteiger partial charge in [-0.05, 0) is 12.8 Å². The molecule has 4 N–H and O–H groups in total. The minimum Gasteiger partial charge on any atom is -0.480 e. The van der Waals surface area contributed by atoms with Gasteiger partial charge in [-0.15, -0.1) is 0 Å². The maximum absolute atomic E-state index is 10.7. The van der Waals surface area contributed by atoms with Gasteiger partial charge >= 0.3 is 5.97 Å². The number of carbonyl (C=O) groups is 2. The summed E-state index contributed by atoms with van der Waals surface area (Å²) in [7, 11) is 1.54. The molecule has 0 unspecified atom stereocenters. The molecular formula is C7H14N2O3. The molecule has 5 heteroatoms. The molecule has 5 nitrogen and oxygen atoms in total.